The average molecular weight is 278 g/mol. The molecule has 0 saturated carbocycles. The van der Waals surface area contributed by atoms with Crippen molar-refractivity contribution in [3.8, 4) is 0 Å². The van der Waals surface area contributed by atoms with Crippen molar-refractivity contribution in [2.45, 2.75) is 39.5 Å². The van der Waals surface area contributed by atoms with Gasteiger partial charge in [-0.1, -0.05) is 26.0 Å². The zero-order valence-corrected chi connectivity index (χ0v) is 12.5. The predicted molar refractivity (Wildman–Crippen MR) is 83.1 cm³/mol. The van der Waals surface area contributed by atoms with Crippen LogP contribution in [0.5, 0.6) is 0 Å². The number of carbonyl (C=O) groups is 1. The van der Waals surface area contributed by atoms with Crippen molar-refractivity contribution in [2.24, 2.45) is 0 Å². The molecule has 0 radical (unpaired) electrons. The molecule has 3 N–H and O–H groups in total. The van der Waals surface area contributed by atoms with E-state index in [-0.39, 0.29) is 11.4 Å². The van der Waals surface area contributed by atoms with Crippen LogP contribution >= 0.6 is 0 Å². The topological polar surface area (TPSA) is 63.8 Å². The number of amides is 1. The standard InChI is InChI=1S/C16H24N2O.H2O/c1-3-9-18(10-4-2)11-8-13-6-5-7-15-14(13)12-16(19)17-15;/h5-7H,3-4,8-12H2,1-2H3,(H,17,19);1H2. The monoisotopic (exact) mass is 278 g/mol. The first-order valence-corrected chi connectivity index (χ1v) is 7.37. The summed E-state index contributed by atoms with van der Waals surface area (Å²) in [4.78, 5) is 14.0. The highest BCUT2D eigenvalue weighted by Gasteiger charge is 2.20. The van der Waals surface area contributed by atoms with Crippen molar-refractivity contribution in [1.29, 1.82) is 0 Å². The molecule has 0 saturated heterocycles. The van der Waals surface area contributed by atoms with Crippen LogP contribution in [0.15, 0.2) is 18.2 Å². The number of nitrogens with one attached hydrogen (secondary N) is 1. The second-order valence-electron chi connectivity index (χ2n) is 5.26. The van der Waals surface area contributed by atoms with Crippen LogP contribution in [0.25, 0.3) is 0 Å². The minimum Gasteiger partial charge on any atom is -0.412 e. The Bertz CT molecular complexity index is 440. The van der Waals surface area contributed by atoms with Crippen molar-refractivity contribution < 1.29 is 10.3 Å². The second-order valence-corrected chi connectivity index (χ2v) is 5.26. The lowest BCUT2D eigenvalue weighted by atomic mass is 10.0. The molecule has 1 amide bonds. The lowest BCUT2D eigenvalue weighted by Gasteiger charge is -2.21. The van der Waals surface area contributed by atoms with Gasteiger partial charge in [-0.15, -0.1) is 0 Å². The summed E-state index contributed by atoms with van der Waals surface area (Å²) in [6.45, 7) is 7.88. The van der Waals surface area contributed by atoms with E-state index in [9.17, 15) is 4.79 Å². The SMILES string of the molecule is CCCN(CCC)CCc1cccc2c1CC(=O)N2.O. The predicted octanol–water partition coefficient (Wildman–Crippen LogP) is 2.02. The molecule has 0 atom stereocenters. The van der Waals surface area contributed by atoms with E-state index in [0.29, 0.717) is 6.42 Å². The summed E-state index contributed by atoms with van der Waals surface area (Å²) in [5.41, 5.74) is 3.55. The molecule has 0 bridgehead atoms. The van der Waals surface area contributed by atoms with Crippen LogP contribution in [0.3, 0.4) is 0 Å². The van der Waals surface area contributed by atoms with Crippen LogP contribution in [0.4, 0.5) is 5.69 Å². The Labute approximate surface area is 121 Å². The summed E-state index contributed by atoms with van der Waals surface area (Å²) < 4.78 is 0. The van der Waals surface area contributed by atoms with E-state index in [0.717, 1.165) is 18.7 Å². The fourth-order valence-corrected chi connectivity index (χ4v) is 2.80. The lowest BCUT2D eigenvalue weighted by molar-refractivity contribution is -0.115. The Morgan fingerprint density at radius 2 is 1.85 bits per heavy atom. The molecule has 1 aromatic rings. The highest BCUT2D eigenvalue weighted by molar-refractivity contribution is 5.99. The summed E-state index contributed by atoms with van der Waals surface area (Å²) in [6, 6.07) is 6.21. The van der Waals surface area contributed by atoms with Crippen LogP contribution in [0.1, 0.15) is 37.8 Å². The molecule has 20 heavy (non-hydrogen) atoms. The maximum Gasteiger partial charge on any atom is 0.228 e. The molecule has 0 unspecified atom stereocenters. The Balaban J connectivity index is 0.00000200. The molecule has 112 valence electrons. The molecule has 1 aliphatic rings. The number of benzene rings is 1. The molecule has 0 spiro atoms. The van der Waals surface area contributed by atoms with Gasteiger partial charge in [-0.05, 0) is 49.5 Å². The van der Waals surface area contributed by atoms with Crippen LogP contribution in [0, 0.1) is 0 Å². The number of fused-ring (bicyclic) bond motifs is 1. The van der Waals surface area contributed by atoms with Gasteiger partial charge in [0.25, 0.3) is 0 Å². The summed E-state index contributed by atoms with van der Waals surface area (Å²) in [5.74, 6) is 0.126. The lowest BCUT2D eigenvalue weighted by Crippen LogP contribution is -2.28. The van der Waals surface area contributed by atoms with Crippen molar-refractivity contribution in [1.82, 2.24) is 4.90 Å². The number of hydrogen-bond acceptors (Lipinski definition) is 2. The van der Waals surface area contributed by atoms with Gasteiger partial charge in [0, 0.05) is 12.2 Å². The van der Waals surface area contributed by atoms with Gasteiger partial charge in [-0.3, -0.25) is 4.79 Å². The molecule has 4 heteroatoms. The molecule has 0 fully saturated rings. The van der Waals surface area contributed by atoms with Gasteiger partial charge in [0.2, 0.25) is 5.91 Å². The van der Waals surface area contributed by atoms with Gasteiger partial charge in [-0.25, -0.2) is 0 Å². The van der Waals surface area contributed by atoms with Gasteiger partial charge in [0.1, 0.15) is 0 Å². The Kier molecular flexibility index (Phi) is 6.68. The normalized spacial score (nSPS) is 13.1. The van der Waals surface area contributed by atoms with Crippen molar-refractivity contribution in [2.75, 3.05) is 25.0 Å². The molecule has 0 aliphatic carbocycles. The van der Waals surface area contributed by atoms with Crippen molar-refractivity contribution in [3.05, 3.63) is 29.3 Å². The zero-order valence-electron chi connectivity index (χ0n) is 12.5. The summed E-state index contributed by atoms with van der Waals surface area (Å²) in [7, 11) is 0. The highest BCUT2D eigenvalue weighted by atomic mass is 16.1. The fraction of sp³-hybridized carbons (Fsp3) is 0.562. The van der Waals surface area contributed by atoms with E-state index in [1.165, 1.54) is 37.1 Å². The van der Waals surface area contributed by atoms with E-state index in [4.69, 9.17) is 0 Å². The molecule has 0 aromatic heterocycles. The van der Waals surface area contributed by atoms with Gasteiger partial charge in [-0.2, -0.15) is 0 Å². The number of hydrogen-bond donors (Lipinski definition) is 1. The summed E-state index contributed by atoms with van der Waals surface area (Å²) >= 11 is 0. The first-order valence-electron chi connectivity index (χ1n) is 7.37. The van der Waals surface area contributed by atoms with Gasteiger partial charge in [0.05, 0.1) is 6.42 Å². The largest absolute Gasteiger partial charge is 0.412 e. The van der Waals surface area contributed by atoms with E-state index in [1.807, 2.05) is 12.1 Å². The maximum atomic E-state index is 11.5. The van der Waals surface area contributed by atoms with E-state index < -0.39 is 0 Å². The molecular weight excluding hydrogens is 252 g/mol. The van der Waals surface area contributed by atoms with Crippen molar-refractivity contribution >= 4 is 11.6 Å². The van der Waals surface area contributed by atoms with Gasteiger partial charge in [0.15, 0.2) is 0 Å². The molecule has 2 rings (SSSR count). The molecule has 1 heterocycles. The van der Waals surface area contributed by atoms with Crippen LogP contribution < -0.4 is 5.32 Å². The molecule has 1 aliphatic heterocycles. The third-order valence-corrected chi connectivity index (χ3v) is 3.66. The minimum absolute atomic E-state index is 0. The van der Waals surface area contributed by atoms with E-state index in [2.05, 4.69) is 30.1 Å². The maximum absolute atomic E-state index is 11.5. The number of nitrogens with zero attached hydrogens (tertiary/aromatic N) is 1. The third-order valence-electron chi connectivity index (χ3n) is 3.66. The quantitative estimate of drug-likeness (QED) is 0.829. The highest BCUT2D eigenvalue weighted by Crippen LogP contribution is 2.26. The van der Waals surface area contributed by atoms with Gasteiger partial charge < -0.3 is 15.7 Å². The average Bonchev–Trinajstić information content (AvgIpc) is 2.77. The molecule has 4 nitrogen and oxygen atoms in total. The van der Waals surface area contributed by atoms with Gasteiger partial charge >= 0.3 is 0 Å². The van der Waals surface area contributed by atoms with Crippen molar-refractivity contribution in [3.63, 3.8) is 0 Å². The van der Waals surface area contributed by atoms with Crippen LogP contribution in [0.2, 0.25) is 0 Å². The Hall–Kier alpha value is -1.39. The Morgan fingerprint density at radius 3 is 2.50 bits per heavy atom. The number of anilines is 1. The molecular formula is C16H26N2O2. The first kappa shape index (κ1) is 16.7. The molecule has 1 aromatic carbocycles. The summed E-state index contributed by atoms with van der Waals surface area (Å²) in [5, 5.41) is 2.92. The number of carbonyl (C=O) groups excluding carboxylic acids is 1. The van der Waals surface area contributed by atoms with E-state index in [1.54, 1.807) is 0 Å². The smallest absolute Gasteiger partial charge is 0.228 e. The number of rotatable bonds is 7. The fourth-order valence-electron chi connectivity index (χ4n) is 2.80. The Morgan fingerprint density at radius 1 is 1.15 bits per heavy atom. The minimum atomic E-state index is 0. The summed E-state index contributed by atoms with van der Waals surface area (Å²) in [6.07, 6.45) is 3.99. The van der Waals surface area contributed by atoms with Crippen LogP contribution in [-0.4, -0.2) is 35.9 Å². The zero-order chi connectivity index (χ0) is 13.7. The first-order chi connectivity index (χ1) is 9.24. The van der Waals surface area contributed by atoms with E-state index >= 15 is 0 Å². The second kappa shape index (κ2) is 8.02. The third kappa shape index (κ3) is 4.05. The van der Waals surface area contributed by atoms with Crippen LogP contribution in [-0.2, 0) is 17.6 Å².